The minimum Gasteiger partial charge on any atom is -0.376 e. The minimum absolute atomic E-state index is 0.0312. The molecule has 0 saturated carbocycles. The van der Waals surface area contributed by atoms with Gasteiger partial charge < -0.3 is 10.1 Å². The van der Waals surface area contributed by atoms with Crippen LogP contribution in [0.2, 0.25) is 0 Å². The van der Waals surface area contributed by atoms with Gasteiger partial charge in [-0.1, -0.05) is 24.3 Å². The molecule has 0 radical (unpaired) electrons. The molecule has 4 rings (SSSR count). The first-order valence-electron chi connectivity index (χ1n) is 9.54. The molecular weight excluding hydrogens is 418 g/mol. The van der Waals surface area contributed by atoms with Crippen molar-refractivity contribution >= 4 is 40.2 Å². The number of rotatable bonds is 5. The van der Waals surface area contributed by atoms with Gasteiger partial charge in [0, 0.05) is 18.0 Å². The number of hydrogen-bond acceptors (Lipinski definition) is 6. The number of hydrogen-bond donors (Lipinski definition) is 1. The van der Waals surface area contributed by atoms with Crippen molar-refractivity contribution in [2.24, 2.45) is 0 Å². The highest BCUT2D eigenvalue weighted by Gasteiger charge is 2.20. The predicted molar refractivity (Wildman–Crippen MR) is 118 cm³/mol. The van der Waals surface area contributed by atoms with E-state index in [1.165, 1.54) is 15.9 Å². The van der Waals surface area contributed by atoms with Gasteiger partial charge in [-0.3, -0.25) is 14.2 Å². The first kappa shape index (κ1) is 20.3. The lowest BCUT2D eigenvalue weighted by Crippen LogP contribution is -2.36. The van der Waals surface area contributed by atoms with E-state index in [0.717, 1.165) is 29.1 Å². The van der Waals surface area contributed by atoms with Crippen molar-refractivity contribution < 1.29 is 9.53 Å². The number of benzene rings is 1. The van der Waals surface area contributed by atoms with Crippen molar-refractivity contribution in [3.63, 3.8) is 0 Å². The Labute approximate surface area is 181 Å². The van der Waals surface area contributed by atoms with E-state index in [4.69, 9.17) is 4.74 Å². The Kier molecular flexibility index (Phi) is 6.23. The van der Waals surface area contributed by atoms with Crippen LogP contribution in [0.3, 0.4) is 0 Å². The van der Waals surface area contributed by atoms with Crippen LogP contribution in [-0.2, 0) is 9.53 Å². The van der Waals surface area contributed by atoms with E-state index in [-0.39, 0.29) is 17.2 Å². The molecule has 3 aromatic rings. The van der Waals surface area contributed by atoms with Crippen LogP contribution in [-0.4, -0.2) is 29.7 Å². The number of nitrogens with zero attached hydrogens (tertiary/aromatic N) is 2. The summed E-state index contributed by atoms with van der Waals surface area (Å²) in [5.74, 6) is -0.499. The molecule has 3 heterocycles. The molecule has 0 aliphatic carbocycles. The van der Waals surface area contributed by atoms with Crippen molar-refractivity contribution in [3.8, 4) is 11.8 Å². The van der Waals surface area contributed by atoms with E-state index in [0.29, 0.717) is 28.0 Å². The lowest BCUT2D eigenvalue weighted by Gasteiger charge is -2.10. The number of carbonyl (C=O) groups is 1. The molecule has 1 amide bonds. The zero-order valence-corrected chi connectivity index (χ0v) is 17.7. The molecule has 1 aliphatic rings. The summed E-state index contributed by atoms with van der Waals surface area (Å²) in [5, 5.41) is 14.5. The van der Waals surface area contributed by atoms with Gasteiger partial charge in [0.2, 0.25) is 0 Å². The Morgan fingerprint density at radius 3 is 2.80 bits per heavy atom. The molecule has 1 aliphatic heterocycles. The van der Waals surface area contributed by atoms with Crippen LogP contribution >= 0.6 is 22.7 Å². The molecule has 30 heavy (non-hydrogen) atoms. The zero-order valence-electron chi connectivity index (χ0n) is 16.0. The fraction of sp³-hybridized carbons (Fsp3) is 0.227. The summed E-state index contributed by atoms with van der Waals surface area (Å²) in [6, 6.07) is 14.9. The van der Waals surface area contributed by atoms with Gasteiger partial charge in [-0.2, -0.15) is 5.26 Å². The Morgan fingerprint density at radius 2 is 2.13 bits per heavy atom. The van der Waals surface area contributed by atoms with E-state index in [1.54, 1.807) is 18.2 Å². The largest absolute Gasteiger partial charge is 0.376 e. The predicted octanol–water partition coefficient (Wildman–Crippen LogP) is 1.76. The molecule has 8 heteroatoms. The fourth-order valence-corrected chi connectivity index (χ4v) is 5.08. The lowest BCUT2D eigenvalue weighted by atomic mass is 10.2. The molecule has 0 bridgehead atoms. The molecule has 1 fully saturated rings. The van der Waals surface area contributed by atoms with Crippen molar-refractivity contribution in [2.45, 2.75) is 18.9 Å². The van der Waals surface area contributed by atoms with Crippen LogP contribution in [0.25, 0.3) is 17.3 Å². The molecule has 0 spiro atoms. The van der Waals surface area contributed by atoms with Crippen molar-refractivity contribution in [2.75, 3.05) is 13.2 Å². The SMILES string of the molecule is N#C/C(C(=O)NC[C@@H]1CCCO1)=c1\s/c(=C\c2cccs2)c(=O)n1-c1ccccc1. The Balaban J connectivity index is 1.85. The number of carbonyl (C=O) groups excluding carboxylic acids is 1. The smallest absolute Gasteiger partial charge is 0.273 e. The average molecular weight is 438 g/mol. The maximum Gasteiger partial charge on any atom is 0.273 e. The maximum absolute atomic E-state index is 13.2. The number of nitrogens with one attached hydrogen (secondary N) is 1. The third-order valence-electron chi connectivity index (χ3n) is 4.72. The van der Waals surface area contributed by atoms with E-state index in [9.17, 15) is 14.9 Å². The summed E-state index contributed by atoms with van der Waals surface area (Å²) in [7, 11) is 0. The zero-order chi connectivity index (χ0) is 20.9. The van der Waals surface area contributed by atoms with Gasteiger partial charge in [-0.25, -0.2) is 0 Å². The normalized spacial score (nSPS) is 17.6. The Hall–Kier alpha value is -2.99. The quantitative estimate of drug-likeness (QED) is 0.659. The third kappa shape index (κ3) is 4.28. The fourth-order valence-electron chi connectivity index (χ4n) is 3.26. The number of nitriles is 1. The number of amides is 1. The van der Waals surface area contributed by atoms with Crippen LogP contribution in [0.4, 0.5) is 0 Å². The molecular formula is C22H19N3O3S2. The molecule has 6 nitrogen and oxygen atoms in total. The summed E-state index contributed by atoms with van der Waals surface area (Å²) >= 11 is 2.67. The summed E-state index contributed by atoms with van der Waals surface area (Å²) in [5.41, 5.74) is 0.276. The van der Waals surface area contributed by atoms with Crippen molar-refractivity contribution in [3.05, 3.63) is 72.3 Å². The molecule has 1 aromatic carbocycles. The second kappa shape index (κ2) is 9.22. The second-order valence-electron chi connectivity index (χ2n) is 6.74. The molecule has 0 unspecified atom stereocenters. The van der Waals surface area contributed by atoms with Gasteiger partial charge in [-0.15, -0.1) is 22.7 Å². The third-order valence-corrected chi connectivity index (χ3v) is 6.63. The van der Waals surface area contributed by atoms with Gasteiger partial charge >= 0.3 is 0 Å². The highest BCUT2D eigenvalue weighted by Crippen LogP contribution is 2.11. The summed E-state index contributed by atoms with van der Waals surface area (Å²) in [4.78, 5) is 26.9. The van der Waals surface area contributed by atoms with Gasteiger partial charge in [0.05, 0.1) is 16.3 Å². The molecule has 2 aromatic heterocycles. The lowest BCUT2D eigenvalue weighted by molar-refractivity contribution is -0.116. The standard InChI is InChI=1S/C22H19N3O3S2/c23-13-18(20(26)24-14-16-8-4-10-28-16)22-25(15-6-2-1-3-7-15)21(27)19(30-22)12-17-9-5-11-29-17/h1-3,5-7,9,11-12,16H,4,8,10,14H2,(H,24,26)/b19-12-,22-18+/t16-/m0/s1. The highest BCUT2D eigenvalue weighted by molar-refractivity contribution is 7.11. The minimum atomic E-state index is -0.499. The maximum atomic E-state index is 13.2. The first-order chi connectivity index (χ1) is 14.7. The topological polar surface area (TPSA) is 84.1 Å². The summed E-state index contributed by atoms with van der Waals surface area (Å²) in [6.45, 7) is 1.04. The number of thiophene rings is 1. The molecule has 152 valence electrons. The van der Waals surface area contributed by atoms with Crippen LogP contribution < -0.4 is 20.1 Å². The Morgan fingerprint density at radius 1 is 1.30 bits per heavy atom. The van der Waals surface area contributed by atoms with Crippen LogP contribution in [0.1, 0.15) is 17.7 Å². The monoisotopic (exact) mass is 437 g/mol. The summed E-state index contributed by atoms with van der Waals surface area (Å²) in [6.07, 6.45) is 3.61. The average Bonchev–Trinajstić information content (AvgIpc) is 3.51. The molecule has 1 saturated heterocycles. The van der Waals surface area contributed by atoms with Crippen LogP contribution in [0.15, 0.2) is 52.6 Å². The Bertz CT molecular complexity index is 1250. The van der Waals surface area contributed by atoms with Gasteiger partial charge in [-0.05, 0) is 42.5 Å². The number of ether oxygens (including phenoxy) is 1. The molecule has 1 N–H and O–H groups in total. The van der Waals surface area contributed by atoms with Crippen molar-refractivity contribution in [1.82, 2.24) is 9.88 Å². The van der Waals surface area contributed by atoms with Gasteiger partial charge in [0.15, 0.2) is 5.57 Å². The second-order valence-corrected chi connectivity index (χ2v) is 8.75. The van der Waals surface area contributed by atoms with E-state index >= 15 is 0 Å². The van der Waals surface area contributed by atoms with Crippen LogP contribution in [0, 0.1) is 11.3 Å². The number of thiazole rings is 1. The van der Waals surface area contributed by atoms with E-state index < -0.39 is 5.91 Å². The molecule has 1 atom stereocenters. The van der Waals surface area contributed by atoms with E-state index in [1.807, 2.05) is 41.8 Å². The summed E-state index contributed by atoms with van der Waals surface area (Å²) < 4.78 is 7.76. The van der Waals surface area contributed by atoms with Gasteiger partial charge in [0.1, 0.15) is 10.7 Å². The van der Waals surface area contributed by atoms with Gasteiger partial charge in [0.25, 0.3) is 11.5 Å². The number of aromatic nitrogens is 1. The van der Waals surface area contributed by atoms with E-state index in [2.05, 4.69) is 5.32 Å². The highest BCUT2D eigenvalue weighted by atomic mass is 32.1. The van der Waals surface area contributed by atoms with Crippen LogP contribution in [0.5, 0.6) is 0 Å². The first-order valence-corrected chi connectivity index (χ1v) is 11.2. The number of para-hydroxylation sites is 1. The van der Waals surface area contributed by atoms with Crippen molar-refractivity contribution in [1.29, 1.82) is 5.26 Å².